The zero-order valence-electron chi connectivity index (χ0n) is 9.87. The van der Waals surface area contributed by atoms with E-state index in [9.17, 15) is 22.7 Å². The Morgan fingerprint density at radius 3 is 2.63 bits per heavy atom. The van der Waals surface area contributed by atoms with Crippen LogP contribution in [0.5, 0.6) is 0 Å². The van der Waals surface area contributed by atoms with Gasteiger partial charge in [-0.05, 0) is 36.8 Å². The lowest BCUT2D eigenvalue weighted by Crippen LogP contribution is -2.40. The van der Waals surface area contributed by atoms with Crippen LogP contribution in [0.2, 0.25) is 0 Å². The van der Waals surface area contributed by atoms with E-state index in [2.05, 4.69) is 0 Å². The molecular formula is C11H12FNO4S2. The first-order valence-electron chi connectivity index (χ1n) is 5.84. The summed E-state index contributed by atoms with van der Waals surface area (Å²) in [6.45, 7) is 0.228. The van der Waals surface area contributed by atoms with Crippen LogP contribution >= 0.6 is 11.3 Å². The number of hydrogen-bond acceptors (Lipinski definition) is 4. The number of carboxylic acids is 1. The minimum absolute atomic E-state index is 0.131. The summed E-state index contributed by atoms with van der Waals surface area (Å²) in [5.41, 5.74) is -0.161. The highest BCUT2D eigenvalue weighted by Crippen LogP contribution is 2.55. The molecule has 1 saturated heterocycles. The number of rotatable bonds is 3. The maximum atomic E-state index is 13.0. The molecule has 19 heavy (non-hydrogen) atoms. The maximum absolute atomic E-state index is 13.0. The van der Waals surface area contributed by atoms with Gasteiger partial charge in [-0.1, -0.05) is 11.3 Å². The van der Waals surface area contributed by atoms with Crippen molar-refractivity contribution in [1.29, 1.82) is 0 Å². The molecule has 0 amide bonds. The summed E-state index contributed by atoms with van der Waals surface area (Å²) in [5.74, 6) is -1.13. The number of hydrogen-bond donors (Lipinski definition) is 1. The van der Waals surface area contributed by atoms with Crippen molar-refractivity contribution in [1.82, 2.24) is 4.31 Å². The van der Waals surface area contributed by atoms with Crippen molar-refractivity contribution >= 4 is 27.3 Å². The zero-order chi connectivity index (χ0) is 13.8. The average molecular weight is 305 g/mol. The fourth-order valence-corrected chi connectivity index (χ4v) is 5.40. The molecule has 0 aromatic carbocycles. The van der Waals surface area contributed by atoms with E-state index in [1.807, 2.05) is 0 Å². The van der Waals surface area contributed by atoms with Gasteiger partial charge in [-0.3, -0.25) is 4.79 Å². The number of halogens is 1. The molecule has 1 aromatic rings. The number of aliphatic carboxylic acids is 1. The molecule has 1 spiro atoms. The van der Waals surface area contributed by atoms with Crippen LogP contribution in [0.25, 0.3) is 0 Å². The molecule has 0 unspecified atom stereocenters. The van der Waals surface area contributed by atoms with Gasteiger partial charge in [-0.25, -0.2) is 8.42 Å². The molecule has 1 saturated carbocycles. The van der Waals surface area contributed by atoms with Gasteiger partial charge in [0.25, 0.3) is 10.0 Å². The highest BCUT2D eigenvalue weighted by molar-refractivity contribution is 7.91. The van der Waals surface area contributed by atoms with Crippen LogP contribution in [0.15, 0.2) is 16.3 Å². The SMILES string of the molecule is O=C(O)[C@@H]1CC2(CC2)CN1S(=O)(=O)c1ccc(F)s1. The molecule has 0 bridgehead atoms. The molecule has 5 nitrogen and oxygen atoms in total. The molecule has 3 rings (SSSR count). The Bertz CT molecular complexity index is 635. The second kappa shape index (κ2) is 4.00. The predicted octanol–water partition coefficient (Wildman–Crippen LogP) is 1.51. The van der Waals surface area contributed by atoms with Gasteiger partial charge in [-0.2, -0.15) is 8.70 Å². The molecule has 1 aromatic heterocycles. The molecule has 1 aliphatic heterocycles. The van der Waals surface area contributed by atoms with Crippen molar-refractivity contribution in [3.8, 4) is 0 Å². The zero-order valence-corrected chi connectivity index (χ0v) is 11.5. The Hall–Kier alpha value is -0.990. The number of carbonyl (C=O) groups is 1. The van der Waals surface area contributed by atoms with Gasteiger partial charge in [0.15, 0.2) is 5.13 Å². The first-order valence-corrected chi connectivity index (χ1v) is 8.10. The van der Waals surface area contributed by atoms with Gasteiger partial charge in [0, 0.05) is 6.54 Å². The number of sulfonamides is 1. The first kappa shape index (κ1) is 13.0. The molecule has 2 fully saturated rings. The van der Waals surface area contributed by atoms with Crippen LogP contribution in [0.1, 0.15) is 19.3 Å². The third-order valence-electron chi connectivity index (χ3n) is 3.82. The lowest BCUT2D eigenvalue weighted by Gasteiger charge is -2.19. The van der Waals surface area contributed by atoms with Gasteiger partial charge in [0.1, 0.15) is 10.3 Å². The van der Waals surface area contributed by atoms with Gasteiger partial charge in [0.2, 0.25) is 0 Å². The van der Waals surface area contributed by atoms with E-state index in [4.69, 9.17) is 0 Å². The number of thiophene rings is 1. The van der Waals surface area contributed by atoms with Crippen LogP contribution in [0.3, 0.4) is 0 Å². The van der Waals surface area contributed by atoms with Crippen LogP contribution < -0.4 is 0 Å². The highest BCUT2D eigenvalue weighted by atomic mass is 32.2. The Kier molecular flexibility index (Phi) is 2.74. The summed E-state index contributed by atoms with van der Waals surface area (Å²) in [7, 11) is -3.91. The summed E-state index contributed by atoms with van der Waals surface area (Å²) in [6, 6.07) is 1.24. The molecule has 1 N–H and O–H groups in total. The summed E-state index contributed by atoms with van der Waals surface area (Å²) >= 11 is 0.527. The van der Waals surface area contributed by atoms with Crippen molar-refractivity contribution in [2.24, 2.45) is 5.41 Å². The molecule has 1 aliphatic carbocycles. The van der Waals surface area contributed by atoms with Crippen LogP contribution in [-0.2, 0) is 14.8 Å². The monoisotopic (exact) mass is 305 g/mol. The Labute approximate surface area is 113 Å². The van der Waals surface area contributed by atoms with E-state index in [1.54, 1.807) is 0 Å². The van der Waals surface area contributed by atoms with E-state index in [0.29, 0.717) is 17.8 Å². The minimum Gasteiger partial charge on any atom is -0.480 e. The van der Waals surface area contributed by atoms with Crippen molar-refractivity contribution < 1.29 is 22.7 Å². The van der Waals surface area contributed by atoms with Crippen LogP contribution in [-0.4, -0.2) is 36.4 Å². The molecule has 104 valence electrons. The van der Waals surface area contributed by atoms with Crippen molar-refractivity contribution in [2.75, 3.05) is 6.54 Å². The fraction of sp³-hybridized carbons (Fsp3) is 0.545. The second-order valence-corrected chi connectivity index (χ2v) is 8.32. The third kappa shape index (κ3) is 2.07. The Balaban J connectivity index is 1.97. The lowest BCUT2D eigenvalue weighted by molar-refractivity contribution is -0.140. The minimum atomic E-state index is -3.91. The summed E-state index contributed by atoms with van der Waals surface area (Å²) < 4.78 is 38.6. The standard InChI is InChI=1S/C11H12FNO4S2/c12-8-1-2-9(18-8)19(16,17)13-6-11(3-4-11)5-7(13)10(14)15/h1-2,7H,3-6H2,(H,14,15)/t7-/m0/s1. The summed E-state index contributed by atoms with van der Waals surface area (Å²) in [5, 5.41) is 8.59. The first-order chi connectivity index (χ1) is 8.84. The van der Waals surface area contributed by atoms with Crippen molar-refractivity contribution in [3.63, 3.8) is 0 Å². The van der Waals surface area contributed by atoms with Crippen molar-refractivity contribution in [3.05, 3.63) is 17.3 Å². The quantitative estimate of drug-likeness (QED) is 0.918. The molecule has 0 radical (unpaired) electrons. The molecule has 2 aliphatic rings. The summed E-state index contributed by atoms with van der Waals surface area (Å²) in [4.78, 5) is 11.2. The number of carboxylic acid groups (broad SMARTS) is 1. The second-order valence-electron chi connectivity index (χ2n) is 5.17. The lowest BCUT2D eigenvalue weighted by atomic mass is 10.0. The van der Waals surface area contributed by atoms with Crippen LogP contribution in [0, 0.1) is 10.5 Å². The largest absolute Gasteiger partial charge is 0.480 e. The summed E-state index contributed by atoms with van der Waals surface area (Å²) in [6.07, 6.45) is 2.08. The van der Waals surface area contributed by atoms with Gasteiger partial charge in [0.05, 0.1) is 0 Å². The highest BCUT2D eigenvalue weighted by Gasteiger charge is 2.57. The van der Waals surface area contributed by atoms with E-state index < -0.39 is 27.2 Å². The maximum Gasteiger partial charge on any atom is 0.322 e. The Morgan fingerprint density at radius 1 is 1.47 bits per heavy atom. The van der Waals surface area contributed by atoms with Crippen molar-refractivity contribution in [2.45, 2.75) is 29.5 Å². The van der Waals surface area contributed by atoms with E-state index in [1.165, 1.54) is 6.07 Å². The molecule has 1 atom stereocenters. The average Bonchev–Trinajstić information content (AvgIpc) is 2.74. The van der Waals surface area contributed by atoms with Crippen LogP contribution in [0.4, 0.5) is 4.39 Å². The topological polar surface area (TPSA) is 74.7 Å². The number of nitrogens with zero attached hydrogens (tertiary/aromatic N) is 1. The third-order valence-corrected chi connectivity index (χ3v) is 7.01. The smallest absolute Gasteiger partial charge is 0.322 e. The van der Waals surface area contributed by atoms with Gasteiger partial charge < -0.3 is 5.11 Å². The molecule has 8 heteroatoms. The van der Waals surface area contributed by atoms with E-state index in [0.717, 1.165) is 23.2 Å². The van der Waals surface area contributed by atoms with E-state index in [-0.39, 0.29) is 16.2 Å². The molecular weight excluding hydrogens is 293 g/mol. The molecule has 2 heterocycles. The predicted molar refractivity (Wildman–Crippen MR) is 65.9 cm³/mol. The normalized spacial score (nSPS) is 25.8. The Morgan fingerprint density at radius 2 is 2.16 bits per heavy atom. The fourth-order valence-electron chi connectivity index (χ4n) is 2.57. The van der Waals surface area contributed by atoms with Gasteiger partial charge >= 0.3 is 5.97 Å². The van der Waals surface area contributed by atoms with Gasteiger partial charge in [-0.15, -0.1) is 0 Å². The van der Waals surface area contributed by atoms with E-state index >= 15 is 0 Å².